The van der Waals surface area contributed by atoms with Gasteiger partial charge in [0.1, 0.15) is 11.6 Å². The maximum atomic E-state index is 12.8. The largest absolute Gasteiger partial charge is 0.508 e. The smallest absolute Gasteiger partial charge is 0.258 e. The van der Waals surface area contributed by atoms with Crippen LogP contribution < -0.4 is 10.6 Å². The van der Waals surface area contributed by atoms with Gasteiger partial charge in [-0.3, -0.25) is 9.69 Å². The minimum absolute atomic E-state index is 0.186. The van der Waals surface area contributed by atoms with Crippen LogP contribution in [0.25, 0.3) is 0 Å². The van der Waals surface area contributed by atoms with E-state index < -0.39 is 0 Å². The topological polar surface area (TPSA) is 77.5 Å². The Labute approximate surface area is 199 Å². The summed E-state index contributed by atoms with van der Waals surface area (Å²) >= 11 is 5.87. The number of piperidine rings is 1. The maximum absolute atomic E-state index is 12.8. The third kappa shape index (κ3) is 5.83. The predicted octanol–water partition coefficient (Wildman–Crippen LogP) is 5.58. The highest BCUT2D eigenvalue weighted by atomic mass is 35.5. The Morgan fingerprint density at radius 2 is 1.85 bits per heavy atom. The Morgan fingerprint density at radius 1 is 1.12 bits per heavy atom. The first-order chi connectivity index (χ1) is 16.0. The SMILES string of the molecule is CC(c1ccccc1O)N1CCC(CNc2ccccc2C(=O)Nc2ccc(Cl)cn2)CC1. The molecule has 0 aliphatic carbocycles. The fourth-order valence-electron chi connectivity index (χ4n) is 4.30. The number of pyridine rings is 1. The van der Waals surface area contributed by atoms with Gasteiger partial charge in [0.25, 0.3) is 5.91 Å². The number of para-hydroxylation sites is 2. The average Bonchev–Trinajstić information content (AvgIpc) is 2.84. The third-order valence-electron chi connectivity index (χ3n) is 6.31. The molecule has 1 unspecified atom stereocenters. The van der Waals surface area contributed by atoms with Gasteiger partial charge in [0.05, 0.1) is 10.6 Å². The molecule has 0 bridgehead atoms. The second kappa shape index (κ2) is 10.7. The van der Waals surface area contributed by atoms with E-state index in [1.807, 2.05) is 42.5 Å². The Balaban J connectivity index is 1.32. The predicted molar refractivity (Wildman–Crippen MR) is 133 cm³/mol. The maximum Gasteiger partial charge on any atom is 0.258 e. The van der Waals surface area contributed by atoms with Gasteiger partial charge in [0, 0.05) is 30.0 Å². The molecule has 3 N–H and O–H groups in total. The molecule has 1 fully saturated rings. The number of hydrogen-bond acceptors (Lipinski definition) is 5. The fraction of sp³-hybridized carbons (Fsp3) is 0.308. The molecule has 1 aromatic heterocycles. The van der Waals surface area contributed by atoms with Gasteiger partial charge in [-0.1, -0.05) is 41.9 Å². The van der Waals surface area contributed by atoms with Crippen molar-refractivity contribution < 1.29 is 9.90 Å². The van der Waals surface area contributed by atoms with E-state index >= 15 is 0 Å². The standard InChI is InChI=1S/C26H29ClN4O2/c1-18(21-6-3-5-9-24(21)32)31-14-12-19(13-15-31)16-28-23-8-4-2-7-22(23)26(33)30-25-11-10-20(27)17-29-25/h2-11,17-19,28,32H,12-16H2,1H3,(H,29,30,33). The molecular weight excluding hydrogens is 436 g/mol. The lowest BCUT2D eigenvalue weighted by Gasteiger charge is -2.36. The quantitative estimate of drug-likeness (QED) is 0.425. The molecule has 1 amide bonds. The number of benzene rings is 2. The van der Waals surface area contributed by atoms with Crippen LogP contribution in [0.3, 0.4) is 0 Å². The highest BCUT2D eigenvalue weighted by Crippen LogP contribution is 2.31. The van der Waals surface area contributed by atoms with E-state index in [4.69, 9.17) is 11.6 Å². The number of carbonyl (C=O) groups is 1. The van der Waals surface area contributed by atoms with E-state index in [2.05, 4.69) is 27.4 Å². The second-order valence-electron chi connectivity index (χ2n) is 8.46. The van der Waals surface area contributed by atoms with Gasteiger partial charge in [-0.05, 0) is 69.1 Å². The van der Waals surface area contributed by atoms with E-state index in [1.54, 1.807) is 18.2 Å². The number of carbonyl (C=O) groups excluding carboxylic acids is 1. The van der Waals surface area contributed by atoms with Crippen LogP contribution in [0, 0.1) is 5.92 Å². The van der Waals surface area contributed by atoms with Gasteiger partial charge in [-0.15, -0.1) is 0 Å². The van der Waals surface area contributed by atoms with E-state index in [0.29, 0.717) is 28.1 Å². The normalized spacial score (nSPS) is 15.7. The van der Waals surface area contributed by atoms with E-state index in [1.165, 1.54) is 6.20 Å². The summed E-state index contributed by atoms with van der Waals surface area (Å²) in [6.45, 7) is 4.92. The van der Waals surface area contributed by atoms with Gasteiger partial charge >= 0.3 is 0 Å². The number of nitrogens with one attached hydrogen (secondary N) is 2. The molecule has 0 radical (unpaired) electrons. The van der Waals surface area contributed by atoms with Crippen LogP contribution in [0.1, 0.15) is 41.7 Å². The first-order valence-corrected chi connectivity index (χ1v) is 11.7. The molecule has 33 heavy (non-hydrogen) atoms. The van der Waals surface area contributed by atoms with E-state index in [0.717, 1.165) is 43.7 Å². The number of phenolic OH excluding ortho intramolecular Hbond substituents is 1. The van der Waals surface area contributed by atoms with Gasteiger partial charge in [0.15, 0.2) is 0 Å². The monoisotopic (exact) mass is 464 g/mol. The van der Waals surface area contributed by atoms with Crippen molar-refractivity contribution in [1.82, 2.24) is 9.88 Å². The van der Waals surface area contributed by atoms with Crippen LogP contribution in [0.2, 0.25) is 5.02 Å². The molecule has 1 atom stereocenters. The van der Waals surface area contributed by atoms with Crippen molar-refractivity contribution in [3.8, 4) is 5.75 Å². The Hall–Kier alpha value is -3.09. The number of hydrogen-bond donors (Lipinski definition) is 3. The van der Waals surface area contributed by atoms with Gasteiger partial charge < -0.3 is 15.7 Å². The van der Waals surface area contributed by atoms with Crippen molar-refractivity contribution in [1.29, 1.82) is 0 Å². The van der Waals surface area contributed by atoms with Gasteiger partial charge in [-0.2, -0.15) is 0 Å². The zero-order chi connectivity index (χ0) is 23.2. The third-order valence-corrected chi connectivity index (χ3v) is 6.53. The van der Waals surface area contributed by atoms with Crippen LogP contribution >= 0.6 is 11.6 Å². The van der Waals surface area contributed by atoms with E-state index in [9.17, 15) is 9.90 Å². The minimum atomic E-state index is -0.209. The summed E-state index contributed by atoms with van der Waals surface area (Å²) in [5, 5.41) is 17.0. The molecule has 2 aromatic carbocycles. The number of likely N-dealkylation sites (tertiary alicyclic amines) is 1. The summed E-state index contributed by atoms with van der Waals surface area (Å²) in [6, 6.07) is 18.7. The first-order valence-electron chi connectivity index (χ1n) is 11.3. The molecule has 1 aliphatic heterocycles. The number of halogens is 1. The van der Waals surface area contributed by atoms with Crippen LogP contribution in [-0.2, 0) is 0 Å². The molecule has 4 rings (SSSR count). The number of nitrogens with zero attached hydrogens (tertiary/aromatic N) is 2. The molecule has 172 valence electrons. The van der Waals surface area contributed by atoms with Crippen LogP contribution in [0.4, 0.5) is 11.5 Å². The highest BCUT2D eigenvalue weighted by Gasteiger charge is 2.25. The number of phenols is 1. The van der Waals surface area contributed by atoms with Gasteiger partial charge in [0.2, 0.25) is 0 Å². The minimum Gasteiger partial charge on any atom is -0.508 e. The van der Waals surface area contributed by atoms with Crippen LogP contribution in [-0.4, -0.2) is 40.5 Å². The lowest BCUT2D eigenvalue weighted by Crippen LogP contribution is -2.37. The number of aromatic hydroxyl groups is 1. The number of anilines is 2. The molecule has 1 saturated heterocycles. The zero-order valence-electron chi connectivity index (χ0n) is 18.7. The van der Waals surface area contributed by atoms with E-state index in [-0.39, 0.29) is 11.9 Å². The summed E-state index contributed by atoms with van der Waals surface area (Å²) in [6.07, 6.45) is 3.63. The molecule has 6 nitrogen and oxygen atoms in total. The fourth-order valence-corrected chi connectivity index (χ4v) is 4.42. The number of rotatable bonds is 7. The van der Waals surface area contributed by atoms with Crippen molar-refractivity contribution >= 4 is 29.0 Å². The van der Waals surface area contributed by atoms with Gasteiger partial charge in [-0.25, -0.2) is 4.98 Å². The second-order valence-corrected chi connectivity index (χ2v) is 8.89. The summed E-state index contributed by atoms with van der Waals surface area (Å²) in [7, 11) is 0. The zero-order valence-corrected chi connectivity index (χ0v) is 19.4. The summed E-state index contributed by atoms with van der Waals surface area (Å²) in [5.74, 6) is 1.13. The first kappa shape index (κ1) is 23.1. The van der Waals surface area contributed by atoms with Crippen molar-refractivity contribution in [2.24, 2.45) is 5.92 Å². The van der Waals surface area contributed by atoms with Crippen molar-refractivity contribution in [3.63, 3.8) is 0 Å². The summed E-state index contributed by atoms with van der Waals surface area (Å²) in [4.78, 5) is 19.4. The highest BCUT2D eigenvalue weighted by molar-refractivity contribution is 6.30. The molecule has 7 heteroatoms. The Kier molecular flexibility index (Phi) is 7.47. The summed E-state index contributed by atoms with van der Waals surface area (Å²) in [5.41, 5.74) is 2.37. The Morgan fingerprint density at radius 3 is 2.58 bits per heavy atom. The Bertz CT molecular complexity index is 1080. The lowest BCUT2D eigenvalue weighted by molar-refractivity contribution is 0.102. The molecule has 1 aliphatic rings. The summed E-state index contributed by atoms with van der Waals surface area (Å²) < 4.78 is 0. The lowest BCUT2D eigenvalue weighted by atomic mass is 9.94. The number of aromatic nitrogens is 1. The molecule has 2 heterocycles. The van der Waals surface area contributed by atoms with Crippen LogP contribution in [0.5, 0.6) is 5.75 Å². The van der Waals surface area contributed by atoms with Crippen molar-refractivity contribution in [3.05, 3.63) is 83.0 Å². The average molecular weight is 465 g/mol. The van der Waals surface area contributed by atoms with Crippen molar-refractivity contribution in [2.45, 2.75) is 25.8 Å². The molecular formula is C26H29ClN4O2. The van der Waals surface area contributed by atoms with Crippen LogP contribution in [0.15, 0.2) is 66.9 Å². The number of amides is 1. The molecule has 3 aromatic rings. The molecule has 0 spiro atoms. The molecule has 0 saturated carbocycles. The van der Waals surface area contributed by atoms with Crippen molar-refractivity contribution in [2.75, 3.05) is 30.3 Å².